The van der Waals surface area contributed by atoms with Gasteiger partial charge in [-0.2, -0.15) is 0 Å². The molecule has 1 atom stereocenters. The fourth-order valence-corrected chi connectivity index (χ4v) is 3.86. The van der Waals surface area contributed by atoms with Crippen molar-refractivity contribution in [1.82, 2.24) is 24.9 Å². The van der Waals surface area contributed by atoms with Crippen LogP contribution in [-0.4, -0.2) is 45.2 Å². The van der Waals surface area contributed by atoms with Crippen molar-refractivity contribution in [2.24, 2.45) is 0 Å². The van der Waals surface area contributed by atoms with Crippen LogP contribution in [0.4, 0.5) is 11.6 Å². The van der Waals surface area contributed by atoms with E-state index in [2.05, 4.69) is 20.3 Å². The summed E-state index contributed by atoms with van der Waals surface area (Å²) in [4.78, 5) is 24.0. The SMILES string of the molecule is Nc1nn2ccc3nc2c1C(=O)NCCOc1ncccc1[C@H]1CCCN31. The lowest BCUT2D eigenvalue weighted by Gasteiger charge is -2.27. The summed E-state index contributed by atoms with van der Waals surface area (Å²) in [5, 5.41) is 7.03. The number of nitrogens with one attached hydrogen (secondary N) is 1. The topological polar surface area (TPSA) is 111 Å². The van der Waals surface area contributed by atoms with Crippen LogP contribution in [0.1, 0.15) is 34.8 Å². The summed E-state index contributed by atoms with van der Waals surface area (Å²) >= 11 is 0. The number of anilines is 2. The monoisotopic (exact) mass is 365 g/mol. The number of rotatable bonds is 0. The summed E-state index contributed by atoms with van der Waals surface area (Å²) in [6.07, 6.45) is 5.54. The van der Waals surface area contributed by atoms with Crippen molar-refractivity contribution in [3.63, 3.8) is 0 Å². The van der Waals surface area contributed by atoms with E-state index in [1.54, 1.807) is 16.9 Å². The maximum absolute atomic E-state index is 12.6. The van der Waals surface area contributed by atoms with Crippen molar-refractivity contribution in [3.05, 3.63) is 41.7 Å². The third-order valence-electron chi connectivity index (χ3n) is 5.06. The molecule has 0 aliphatic carbocycles. The number of hydrogen-bond acceptors (Lipinski definition) is 7. The minimum atomic E-state index is -0.311. The van der Waals surface area contributed by atoms with Gasteiger partial charge in [0.05, 0.1) is 12.6 Å². The van der Waals surface area contributed by atoms with Crippen molar-refractivity contribution in [1.29, 1.82) is 0 Å². The van der Waals surface area contributed by atoms with E-state index in [1.807, 2.05) is 18.2 Å². The van der Waals surface area contributed by atoms with Crippen molar-refractivity contribution in [2.45, 2.75) is 18.9 Å². The highest BCUT2D eigenvalue weighted by molar-refractivity contribution is 6.04. The Labute approximate surface area is 155 Å². The summed E-state index contributed by atoms with van der Waals surface area (Å²) in [5.74, 6) is 1.24. The van der Waals surface area contributed by atoms with E-state index in [-0.39, 0.29) is 17.8 Å². The first-order valence-corrected chi connectivity index (χ1v) is 9.00. The minimum Gasteiger partial charge on any atom is -0.476 e. The van der Waals surface area contributed by atoms with Gasteiger partial charge in [-0.05, 0) is 25.0 Å². The van der Waals surface area contributed by atoms with Gasteiger partial charge in [-0.15, -0.1) is 5.10 Å². The number of hydrogen-bond donors (Lipinski definition) is 2. The number of fused-ring (bicyclic) bond motifs is 5. The van der Waals surface area contributed by atoms with E-state index in [9.17, 15) is 4.79 Å². The van der Waals surface area contributed by atoms with Gasteiger partial charge in [0.1, 0.15) is 18.0 Å². The summed E-state index contributed by atoms with van der Waals surface area (Å²) in [6, 6.07) is 5.99. The van der Waals surface area contributed by atoms with Crippen LogP contribution in [-0.2, 0) is 0 Å². The van der Waals surface area contributed by atoms with E-state index >= 15 is 0 Å². The number of carbonyl (C=O) groups excluding carboxylic acids is 1. The molecule has 1 saturated heterocycles. The number of nitrogens with zero attached hydrogens (tertiary/aromatic N) is 5. The first-order chi connectivity index (χ1) is 13.2. The Balaban J connectivity index is 1.69. The van der Waals surface area contributed by atoms with Crippen molar-refractivity contribution >= 4 is 23.2 Å². The molecule has 5 rings (SSSR count). The fraction of sp³-hybridized carbons (Fsp3) is 0.333. The van der Waals surface area contributed by atoms with Gasteiger partial charge >= 0.3 is 0 Å². The molecule has 0 spiro atoms. The molecule has 3 aromatic rings. The Kier molecular flexibility index (Phi) is 3.59. The molecule has 2 aliphatic rings. The van der Waals surface area contributed by atoms with Gasteiger partial charge in [-0.25, -0.2) is 14.5 Å². The second-order valence-electron chi connectivity index (χ2n) is 6.67. The molecule has 0 radical (unpaired) electrons. The number of aromatic nitrogens is 4. The van der Waals surface area contributed by atoms with Crippen LogP contribution in [0.3, 0.4) is 0 Å². The third kappa shape index (κ3) is 2.54. The lowest BCUT2D eigenvalue weighted by Crippen LogP contribution is -2.29. The summed E-state index contributed by atoms with van der Waals surface area (Å²) < 4.78 is 7.42. The molecule has 3 aromatic heterocycles. The fourth-order valence-electron chi connectivity index (χ4n) is 3.86. The lowest BCUT2D eigenvalue weighted by atomic mass is 10.1. The Morgan fingerprint density at radius 1 is 1.33 bits per heavy atom. The Morgan fingerprint density at radius 2 is 2.26 bits per heavy atom. The number of pyridine rings is 1. The molecule has 1 fully saturated rings. The number of amides is 1. The Hall–Kier alpha value is -3.36. The smallest absolute Gasteiger partial charge is 0.259 e. The molecule has 27 heavy (non-hydrogen) atoms. The molecule has 138 valence electrons. The molecule has 0 unspecified atom stereocenters. The van der Waals surface area contributed by atoms with Crippen LogP contribution in [0.15, 0.2) is 30.6 Å². The van der Waals surface area contributed by atoms with Crippen LogP contribution >= 0.6 is 0 Å². The molecule has 0 aromatic carbocycles. The van der Waals surface area contributed by atoms with Gasteiger partial charge in [0, 0.05) is 24.5 Å². The van der Waals surface area contributed by atoms with E-state index in [4.69, 9.17) is 15.5 Å². The average Bonchev–Trinajstić information content (AvgIpc) is 3.28. The number of ether oxygens (including phenoxy) is 1. The van der Waals surface area contributed by atoms with Crippen molar-refractivity contribution in [3.8, 4) is 5.88 Å². The zero-order valence-electron chi connectivity index (χ0n) is 14.6. The van der Waals surface area contributed by atoms with Crippen LogP contribution in [0.2, 0.25) is 0 Å². The third-order valence-corrected chi connectivity index (χ3v) is 5.06. The van der Waals surface area contributed by atoms with E-state index in [1.165, 1.54) is 0 Å². The first-order valence-electron chi connectivity index (χ1n) is 9.00. The zero-order chi connectivity index (χ0) is 18.4. The van der Waals surface area contributed by atoms with Crippen LogP contribution < -0.4 is 20.7 Å². The molecular weight excluding hydrogens is 346 g/mol. The van der Waals surface area contributed by atoms with Crippen LogP contribution in [0, 0.1) is 0 Å². The highest BCUT2D eigenvalue weighted by Gasteiger charge is 2.31. The summed E-state index contributed by atoms with van der Waals surface area (Å²) in [6.45, 7) is 1.52. The Bertz CT molecular complexity index is 1030. The number of carbonyl (C=O) groups is 1. The molecule has 2 bridgehead atoms. The molecule has 9 heteroatoms. The second-order valence-corrected chi connectivity index (χ2v) is 6.67. The van der Waals surface area contributed by atoms with Crippen LogP contribution in [0.25, 0.3) is 5.65 Å². The summed E-state index contributed by atoms with van der Waals surface area (Å²) in [5.41, 5.74) is 7.77. The first kappa shape index (κ1) is 15.9. The van der Waals surface area contributed by atoms with Gasteiger partial charge in [0.15, 0.2) is 11.5 Å². The molecule has 1 amide bonds. The standard InChI is InChI=1S/C18H19N7O2/c19-15-14-16-22-13(5-9-25(16)23-15)24-8-2-4-12(24)11-3-1-6-21-18(11)27-10-7-20-17(14)26/h1,3,5-6,9,12H,2,4,7-8,10H2,(H2,19,23)(H,20,26)/t12-/m1/s1. The van der Waals surface area contributed by atoms with Crippen LogP contribution in [0.5, 0.6) is 5.88 Å². The van der Waals surface area contributed by atoms with Gasteiger partial charge < -0.3 is 20.7 Å². The van der Waals surface area contributed by atoms with E-state index in [0.29, 0.717) is 30.2 Å². The predicted molar refractivity (Wildman–Crippen MR) is 98.8 cm³/mol. The number of nitrogens with two attached hydrogens (primary N) is 1. The van der Waals surface area contributed by atoms with Gasteiger partial charge in [0.25, 0.3) is 5.91 Å². The second kappa shape index (κ2) is 6.11. The van der Waals surface area contributed by atoms with E-state index in [0.717, 1.165) is 30.8 Å². The predicted octanol–water partition coefficient (Wildman–Crippen LogP) is 1.17. The molecule has 9 nitrogen and oxygen atoms in total. The molecule has 0 saturated carbocycles. The van der Waals surface area contributed by atoms with Gasteiger partial charge in [-0.1, -0.05) is 6.07 Å². The average molecular weight is 365 g/mol. The molecule has 2 aliphatic heterocycles. The zero-order valence-corrected chi connectivity index (χ0v) is 14.6. The molecule has 5 heterocycles. The van der Waals surface area contributed by atoms with E-state index < -0.39 is 0 Å². The van der Waals surface area contributed by atoms with Gasteiger partial charge in [0.2, 0.25) is 5.88 Å². The maximum atomic E-state index is 12.6. The summed E-state index contributed by atoms with van der Waals surface area (Å²) in [7, 11) is 0. The normalized spacial score (nSPS) is 19.5. The quantitative estimate of drug-likeness (QED) is 0.615. The molecular formula is C18H19N7O2. The van der Waals surface area contributed by atoms with Gasteiger partial charge in [-0.3, -0.25) is 4.79 Å². The molecule has 3 N–H and O–H groups in total. The van der Waals surface area contributed by atoms with Crippen molar-refractivity contribution < 1.29 is 9.53 Å². The highest BCUT2D eigenvalue weighted by atomic mass is 16.5. The minimum absolute atomic E-state index is 0.122. The lowest BCUT2D eigenvalue weighted by molar-refractivity contribution is 0.0949. The largest absolute Gasteiger partial charge is 0.476 e. The highest BCUT2D eigenvalue weighted by Crippen LogP contribution is 2.38. The van der Waals surface area contributed by atoms with Crippen molar-refractivity contribution in [2.75, 3.05) is 30.3 Å². The maximum Gasteiger partial charge on any atom is 0.259 e. The Morgan fingerprint density at radius 3 is 3.19 bits per heavy atom. The number of nitrogen functional groups attached to an aromatic ring is 1.